The lowest BCUT2D eigenvalue weighted by molar-refractivity contribution is -0.130. The topological polar surface area (TPSA) is 81.4 Å². The second-order valence-electron chi connectivity index (χ2n) is 3.78. The quantitative estimate of drug-likeness (QED) is 0.765. The summed E-state index contributed by atoms with van der Waals surface area (Å²) in [6.45, 7) is 1.93. The summed E-state index contributed by atoms with van der Waals surface area (Å²) >= 11 is 0. The van der Waals surface area contributed by atoms with E-state index in [1.807, 2.05) is 6.07 Å². The molecule has 0 spiro atoms. The molecule has 2 amide bonds. The molecule has 16 heavy (non-hydrogen) atoms. The van der Waals surface area contributed by atoms with E-state index in [4.69, 9.17) is 10.5 Å². The van der Waals surface area contributed by atoms with Gasteiger partial charge in [0.15, 0.2) is 0 Å². The molecule has 1 aromatic rings. The zero-order chi connectivity index (χ0) is 11.8. The van der Waals surface area contributed by atoms with Crippen molar-refractivity contribution in [1.82, 2.24) is 5.32 Å². The molecule has 2 rings (SSSR count). The number of rotatable bonds is 2. The van der Waals surface area contributed by atoms with Crippen molar-refractivity contribution in [2.24, 2.45) is 5.73 Å². The highest BCUT2D eigenvalue weighted by Gasteiger charge is 2.46. The summed E-state index contributed by atoms with van der Waals surface area (Å²) in [5, 5.41) is 2.11. The van der Waals surface area contributed by atoms with Crippen molar-refractivity contribution in [3.63, 3.8) is 0 Å². The molecule has 0 bridgehead atoms. The molecule has 0 unspecified atom stereocenters. The van der Waals surface area contributed by atoms with Crippen LogP contribution in [-0.4, -0.2) is 12.0 Å². The van der Waals surface area contributed by atoms with Gasteiger partial charge in [0.05, 0.1) is 0 Å². The fourth-order valence-electron chi connectivity index (χ4n) is 1.65. The van der Waals surface area contributed by atoms with E-state index < -0.39 is 17.6 Å². The number of hydrogen-bond acceptors (Lipinski definition) is 4. The zero-order valence-electron chi connectivity index (χ0n) is 8.82. The van der Waals surface area contributed by atoms with E-state index in [2.05, 4.69) is 5.32 Å². The third kappa shape index (κ3) is 1.55. The van der Waals surface area contributed by atoms with Crippen molar-refractivity contribution in [3.05, 3.63) is 35.4 Å². The smallest absolute Gasteiger partial charge is 0.415 e. The van der Waals surface area contributed by atoms with Crippen LogP contribution in [0.3, 0.4) is 0 Å². The highest BCUT2D eigenvalue weighted by molar-refractivity contribution is 6.03. The van der Waals surface area contributed by atoms with Gasteiger partial charge in [0.2, 0.25) is 5.60 Å². The third-order valence-electron chi connectivity index (χ3n) is 2.66. The van der Waals surface area contributed by atoms with E-state index >= 15 is 0 Å². The molecule has 0 aliphatic carbocycles. The Bertz CT molecular complexity index is 458. The van der Waals surface area contributed by atoms with Crippen LogP contribution in [0.15, 0.2) is 24.3 Å². The third-order valence-corrected chi connectivity index (χ3v) is 2.66. The molecule has 1 fully saturated rings. The van der Waals surface area contributed by atoms with Gasteiger partial charge in [-0.15, -0.1) is 0 Å². The Balaban J connectivity index is 2.43. The Morgan fingerprint density at radius 2 is 2.19 bits per heavy atom. The SMILES string of the molecule is C[C@]1(c2cccc(CN)c2)OC(=O)NC1=O. The van der Waals surface area contributed by atoms with Crippen molar-refractivity contribution in [2.75, 3.05) is 0 Å². The molecule has 0 radical (unpaired) electrons. The summed E-state index contributed by atoms with van der Waals surface area (Å²) in [4.78, 5) is 22.6. The maximum absolute atomic E-state index is 11.6. The molecular formula is C11H12N2O3. The first-order chi connectivity index (χ1) is 7.56. The van der Waals surface area contributed by atoms with Crippen molar-refractivity contribution in [1.29, 1.82) is 0 Å². The Morgan fingerprint density at radius 3 is 2.75 bits per heavy atom. The predicted octanol–water partition coefficient (Wildman–Crippen LogP) is 0.627. The number of cyclic esters (lactones) is 1. The van der Waals surface area contributed by atoms with Gasteiger partial charge < -0.3 is 10.5 Å². The molecule has 0 saturated carbocycles. The van der Waals surface area contributed by atoms with Gasteiger partial charge in [0.1, 0.15) is 0 Å². The van der Waals surface area contributed by atoms with Crippen LogP contribution in [0.4, 0.5) is 4.79 Å². The molecule has 84 valence electrons. The molecule has 1 aromatic carbocycles. The Hall–Kier alpha value is -1.88. The largest absolute Gasteiger partial charge is 0.428 e. The molecule has 1 atom stereocenters. The fraction of sp³-hybridized carbons (Fsp3) is 0.273. The monoisotopic (exact) mass is 220 g/mol. The second kappa shape index (κ2) is 3.61. The van der Waals surface area contributed by atoms with Gasteiger partial charge in [-0.25, -0.2) is 4.79 Å². The number of benzene rings is 1. The number of amides is 2. The average Bonchev–Trinajstić information content (AvgIpc) is 2.54. The number of imide groups is 1. The van der Waals surface area contributed by atoms with Crippen molar-refractivity contribution in [3.8, 4) is 0 Å². The second-order valence-corrected chi connectivity index (χ2v) is 3.78. The van der Waals surface area contributed by atoms with Crippen molar-refractivity contribution in [2.45, 2.75) is 19.1 Å². The summed E-state index contributed by atoms with van der Waals surface area (Å²) in [5.41, 5.74) is 5.77. The van der Waals surface area contributed by atoms with Gasteiger partial charge in [-0.3, -0.25) is 10.1 Å². The van der Waals surface area contributed by atoms with Gasteiger partial charge in [-0.1, -0.05) is 18.2 Å². The minimum absolute atomic E-state index is 0.374. The fourth-order valence-corrected chi connectivity index (χ4v) is 1.65. The van der Waals surface area contributed by atoms with Crippen LogP contribution >= 0.6 is 0 Å². The Morgan fingerprint density at radius 1 is 1.44 bits per heavy atom. The van der Waals surface area contributed by atoms with E-state index in [9.17, 15) is 9.59 Å². The van der Waals surface area contributed by atoms with Gasteiger partial charge in [-0.05, 0) is 18.6 Å². The van der Waals surface area contributed by atoms with Gasteiger partial charge in [-0.2, -0.15) is 0 Å². The van der Waals surface area contributed by atoms with E-state index in [1.165, 1.54) is 0 Å². The maximum atomic E-state index is 11.6. The van der Waals surface area contributed by atoms with Gasteiger partial charge in [0.25, 0.3) is 5.91 Å². The Labute approximate surface area is 92.6 Å². The van der Waals surface area contributed by atoms with Crippen LogP contribution in [0.1, 0.15) is 18.1 Å². The number of carbonyl (C=O) groups is 2. The molecule has 3 N–H and O–H groups in total. The molecule has 5 heteroatoms. The van der Waals surface area contributed by atoms with Gasteiger partial charge >= 0.3 is 6.09 Å². The summed E-state index contributed by atoms with van der Waals surface area (Å²) in [5.74, 6) is -0.452. The molecule has 5 nitrogen and oxygen atoms in total. The van der Waals surface area contributed by atoms with E-state index in [0.29, 0.717) is 12.1 Å². The number of nitrogens with one attached hydrogen (secondary N) is 1. The van der Waals surface area contributed by atoms with Crippen molar-refractivity contribution < 1.29 is 14.3 Å². The molecule has 1 aliphatic rings. The Kier molecular flexibility index (Phi) is 2.40. The van der Waals surface area contributed by atoms with Crippen LogP contribution in [-0.2, 0) is 21.7 Å². The molecular weight excluding hydrogens is 208 g/mol. The molecule has 1 aliphatic heterocycles. The minimum atomic E-state index is -1.25. The predicted molar refractivity (Wildman–Crippen MR) is 56.3 cm³/mol. The van der Waals surface area contributed by atoms with Crippen LogP contribution in [0.25, 0.3) is 0 Å². The van der Waals surface area contributed by atoms with E-state index in [0.717, 1.165) is 5.56 Å². The maximum Gasteiger partial charge on any atom is 0.415 e. The van der Waals surface area contributed by atoms with Crippen LogP contribution in [0, 0.1) is 0 Å². The number of nitrogens with two attached hydrogens (primary N) is 1. The standard InChI is InChI=1S/C11H12N2O3/c1-11(9(14)13-10(15)16-11)8-4-2-3-7(5-8)6-12/h2-5H,6,12H2,1H3,(H,13,14,15)/t11-/m1/s1. The lowest BCUT2D eigenvalue weighted by Gasteiger charge is -2.19. The highest BCUT2D eigenvalue weighted by atomic mass is 16.6. The lowest BCUT2D eigenvalue weighted by Crippen LogP contribution is -2.33. The first kappa shape index (κ1) is 10.6. The van der Waals surface area contributed by atoms with Crippen molar-refractivity contribution >= 4 is 12.0 Å². The molecule has 1 saturated heterocycles. The summed E-state index contributed by atoms with van der Waals surface area (Å²) < 4.78 is 5.01. The number of ether oxygens (including phenoxy) is 1. The molecule has 0 aromatic heterocycles. The summed E-state index contributed by atoms with van der Waals surface area (Å²) in [6.07, 6.45) is -0.717. The lowest BCUT2D eigenvalue weighted by atomic mass is 9.94. The first-order valence-electron chi connectivity index (χ1n) is 4.90. The number of carbonyl (C=O) groups excluding carboxylic acids is 2. The number of hydrogen-bond donors (Lipinski definition) is 2. The van der Waals surface area contributed by atoms with Crippen LogP contribution in [0.5, 0.6) is 0 Å². The van der Waals surface area contributed by atoms with E-state index in [-0.39, 0.29) is 0 Å². The summed E-state index contributed by atoms with van der Waals surface area (Å²) in [7, 11) is 0. The van der Waals surface area contributed by atoms with Crippen LogP contribution < -0.4 is 11.1 Å². The minimum Gasteiger partial charge on any atom is -0.428 e. The normalized spacial score (nSPS) is 24.1. The average molecular weight is 220 g/mol. The zero-order valence-corrected chi connectivity index (χ0v) is 8.82. The number of alkyl carbamates (subject to hydrolysis) is 1. The summed E-state index contributed by atoms with van der Waals surface area (Å²) in [6, 6.07) is 7.12. The van der Waals surface area contributed by atoms with Gasteiger partial charge in [0, 0.05) is 12.1 Å². The highest BCUT2D eigenvalue weighted by Crippen LogP contribution is 2.29. The van der Waals surface area contributed by atoms with E-state index in [1.54, 1.807) is 25.1 Å². The van der Waals surface area contributed by atoms with Crippen LogP contribution in [0.2, 0.25) is 0 Å². The molecule has 1 heterocycles. The first-order valence-corrected chi connectivity index (χ1v) is 4.90.